The highest BCUT2D eigenvalue weighted by molar-refractivity contribution is 6.31. The second-order valence-corrected chi connectivity index (χ2v) is 8.37. The van der Waals surface area contributed by atoms with E-state index in [4.69, 9.17) is 11.6 Å². The Morgan fingerprint density at radius 2 is 2.20 bits per heavy atom. The summed E-state index contributed by atoms with van der Waals surface area (Å²) in [6.07, 6.45) is 4.09. The minimum Gasteiger partial charge on any atom is -0.386 e. The normalized spacial score (nSPS) is 19.2. The molecule has 1 fully saturated rings. The molecule has 2 aromatic heterocycles. The summed E-state index contributed by atoms with van der Waals surface area (Å²) in [4.78, 5) is 23.5. The summed E-state index contributed by atoms with van der Waals surface area (Å²) in [6.45, 7) is 1.53. The number of amides is 1. The van der Waals surface area contributed by atoms with E-state index in [-0.39, 0.29) is 12.5 Å². The van der Waals surface area contributed by atoms with Gasteiger partial charge >= 0.3 is 0 Å². The van der Waals surface area contributed by atoms with Gasteiger partial charge in [-0.25, -0.2) is 9.97 Å². The summed E-state index contributed by atoms with van der Waals surface area (Å²) in [6, 6.07) is 11.3. The molecule has 1 amide bonds. The number of nitrogens with one attached hydrogen (secondary N) is 1. The molecular formula is C22H26ClN5O2. The first-order valence-corrected chi connectivity index (χ1v) is 10.6. The van der Waals surface area contributed by atoms with Gasteiger partial charge in [-0.05, 0) is 43.2 Å². The van der Waals surface area contributed by atoms with E-state index < -0.39 is 5.60 Å². The standard InChI is InChI=1S/C22H26ClN5O2/c1-27-18-7-6-16(23)13-17(18)26-20(27)8-9-21(29)25-14-22(30)10-4-12-28(15-22)19-5-2-3-11-24-19/h2-3,5-7,11,13,30H,4,8-10,12,14-15H2,1H3,(H,25,29). The van der Waals surface area contributed by atoms with Gasteiger partial charge in [0.25, 0.3) is 0 Å². The number of rotatable bonds is 6. The van der Waals surface area contributed by atoms with Crippen LogP contribution in [0.1, 0.15) is 25.1 Å². The van der Waals surface area contributed by atoms with Crippen LogP contribution in [0.4, 0.5) is 5.82 Å². The van der Waals surface area contributed by atoms with Crippen molar-refractivity contribution in [2.75, 3.05) is 24.5 Å². The molecule has 30 heavy (non-hydrogen) atoms. The van der Waals surface area contributed by atoms with E-state index in [2.05, 4.69) is 20.2 Å². The van der Waals surface area contributed by atoms with Gasteiger partial charge in [-0.3, -0.25) is 4.79 Å². The topological polar surface area (TPSA) is 83.3 Å². The number of anilines is 1. The number of nitrogens with zero attached hydrogens (tertiary/aromatic N) is 4. The number of carbonyl (C=O) groups is 1. The fourth-order valence-electron chi connectivity index (χ4n) is 4.02. The molecule has 1 atom stereocenters. The molecule has 0 saturated carbocycles. The van der Waals surface area contributed by atoms with Crippen LogP contribution in [0.2, 0.25) is 5.02 Å². The predicted octanol–water partition coefficient (Wildman–Crippen LogP) is 2.70. The first-order valence-electron chi connectivity index (χ1n) is 10.2. The van der Waals surface area contributed by atoms with E-state index >= 15 is 0 Å². The van der Waals surface area contributed by atoms with Crippen molar-refractivity contribution in [1.29, 1.82) is 0 Å². The summed E-state index contributed by atoms with van der Waals surface area (Å²) in [5.74, 6) is 1.59. The first kappa shape index (κ1) is 20.6. The van der Waals surface area contributed by atoms with Gasteiger partial charge in [0.1, 0.15) is 11.6 Å². The van der Waals surface area contributed by atoms with E-state index in [0.717, 1.165) is 35.6 Å². The second-order valence-electron chi connectivity index (χ2n) is 7.93. The molecule has 0 aliphatic carbocycles. The molecule has 1 aliphatic heterocycles. The summed E-state index contributed by atoms with van der Waals surface area (Å²) < 4.78 is 1.98. The Balaban J connectivity index is 1.32. The van der Waals surface area contributed by atoms with Gasteiger partial charge in [-0.15, -0.1) is 0 Å². The molecule has 3 heterocycles. The summed E-state index contributed by atoms with van der Waals surface area (Å²) >= 11 is 6.04. The number of β-amino-alcohol motifs (C(OH)–C–C–N with tert-alkyl or cyclic N) is 1. The molecule has 1 unspecified atom stereocenters. The molecular weight excluding hydrogens is 402 g/mol. The lowest BCUT2D eigenvalue weighted by molar-refractivity contribution is -0.122. The number of carbonyl (C=O) groups excluding carboxylic acids is 1. The third-order valence-corrected chi connectivity index (χ3v) is 5.89. The molecule has 0 radical (unpaired) electrons. The maximum atomic E-state index is 12.4. The first-order chi connectivity index (χ1) is 14.4. The third-order valence-electron chi connectivity index (χ3n) is 5.65. The molecule has 0 spiro atoms. The molecule has 1 aliphatic rings. The van der Waals surface area contributed by atoms with Crippen molar-refractivity contribution in [2.24, 2.45) is 7.05 Å². The number of fused-ring (bicyclic) bond motifs is 1. The quantitative estimate of drug-likeness (QED) is 0.632. The Morgan fingerprint density at radius 1 is 1.33 bits per heavy atom. The zero-order chi connectivity index (χ0) is 21.1. The summed E-state index contributed by atoms with van der Waals surface area (Å²) in [5, 5.41) is 14.5. The number of hydrogen-bond donors (Lipinski definition) is 2. The molecule has 1 saturated heterocycles. The minimum absolute atomic E-state index is 0.0940. The molecule has 0 bridgehead atoms. The number of pyridine rings is 1. The van der Waals surface area contributed by atoms with Crippen molar-refractivity contribution in [3.8, 4) is 0 Å². The Hall–Kier alpha value is -2.64. The minimum atomic E-state index is -0.958. The monoisotopic (exact) mass is 427 g/mol. The van der Waals surface area contributed by atoms with Crippen molar-refractivity contribution < 1.29 is 9.90 Å². The zero-order valence-electron chi connectivity index (χ0n) is 17.0. The molecule has 158 valence electrons. The Kier molecular flexibility index (Phi) is 5.92. The van der Waals surface area contributed by atoms with Gasteiger partial charge in [0.2, 0.25) is 5.91 Å². The molecule has 4 rings (SSSR count). The van der Waals surface area contributed by atoms with E-state index in [1.807, 2.05) is 48.0 Å². The molecule has 7 nitrogen and oxygen atoms in total. The Bertz CT molecular complexity index is 1040. The van der Waals surface area contributed by atoms with Gasteiger partial charge < -0.3 is 19.9 Å². The average molecular weight is 428 g/mol. The largest absolute Gasteiger partial charge is 0.386 e. The van der Waals surface area contributed by atoms with Crippen LogP contribution in [-0.4, -0.2) is 50.8 Å². The van der Waals surface area contributed by atoms with Gasteiger partial charge in [0.05, 0.1) is 16.6 Å². The smallest absolute Gasteiger partial charge is 0.220 e. The van der Waals surface area contributed by atoms with Crippen LogP contribution in [0.15, 0.2) is 42.6 Å². The summed E-state index contributed by atoms with van der Waals surface area (Å²) in [5.41, 5.74) is 0.854. The number of imidazole rings is 1. The number of halogens is 1. The van der Waals surface area contributed by atoms with Gasteiger partial charge in [-0.1, -0.05) is 17.7 Å². The van der Waals surface area contributed by atoms with E-state index in [1.165, 1.54) is 0 Å². The number of piperidine rings is 1. The number of aryl methyl sites for hydroxylation is 2. The highest BCUT2D eigenvalue weighted by Crippen LogP contribution is 2.24. The number of benzene rings is 1. The molecule has 8 heteroatoms. The van der Waals surface area contributed by atoms with Crippen molar-refractivity contribution in [1.82, 2.24) is 19.9 Å². The number of aliphatic hydroxyl groups is 1. The predicted molar refractivity (Wildman–Crippen MR) is 118 cm³/mol. The van der Waals surface area contributed by atoms with Gasteiger partial charge in [-0.2, -0.15) is 0 Å². The van der Waals surface area contributed by atoms with Crippen LogP contribution < -0.4 is 10.2 Å². The highest BCUT2D eigenvalue weighted by atomic mass is 35.5. The Morgan fingerprint density at radius 3 is 3.00 bits per heavy atom. The number of hydrogen-bond acceptors (Lipinski definition) is 5. The second kappa shape index (κ2) is 8.62. The zero-order valence-corrected chi connectivity index (χ0v) is 17.8. The van der Waals surface area contributed by atoms with Crippen molar-refractivity contribution >= 4 is 34.4 Å². The third kappa shape index (κ3) is 4.57. The number of aromatic nitrogens is 3. The van der Waals surface area contributed by atoms with E-state index in [1.54, 1.807) is 6.20 Å². The van der Waals surface area contributed by atoms with Crippen LogP contribution >= 0.6 is 11.6 Å². The lowest BCUT2D eigenvalue weighted by atomic mass is 9.92. The molecule has 1 aromatic carbocycles. The van der Waals surface area contributed by atoms with Crippen LogP contribution in [0.5, 0.6) is 0 Å². The fourth-order valence-corrected chi connectivity index (χ4v) is 4.18. The van der Waals surface area contributed by atoms with Crippen molar-refractivity contribution in [2.45, 2.75) is 31.3 Å². The lowest BCUT2D eigenvalue weighted by Crippen LogP contribution is -2.54. The fraction of sp³-hybridized carbons (Fsp3) is 0.409. The van der Waals surface area contributed by atoms with Gasteiger partial charge in [0, 0.05) is 50.7 Å². The average Bonchev–Trinajstić information content (AvgIpc) is 3.06. The maximum absolute atomic E-state index is 12.4. The van der Waals surface area contributed by atoms with Crippen molar-refractivity contribution in [3.05, 3.63) is 53.4 Å². The maximum Gasteiger partial charge on any atom is 0.220 e. The Labute approximate surface area is 180 Å². The van der Waals surface area contributed by atoms with E-state index in [9.17, 15) is 9.90 Å². The van der Waals surface area contributed by atoms with Gasteiger partial charge in [0.15, 0.2) is 0 Å². The van der Waals surface area contributed by atoms with Crippen LogP contribution in [0, 0.1) is 0 Å². The van der Waals surface area contributed by atoms with Crippen LogP contribution in [0.25, 0.3) is 11.0 Å². The molecule has 2 N–H and O–H groups in total. The SMILES string of the molecule is Cn1c(CCC(=O)NCC2(O)CCCN(c3ccccn3)C2)nc2cc(Cl)ccc21. The highest BCUT2D eigenvalue weighted by Gasteiger charge is 2.34. The van der Waals surface area contributed by atoms with Crippen LogP contribution in [-0.2, 0) is 18.3 Å². The van der Waals surface area contributed by atoms with Crippen LogP contribution in [0.3, 0.4) is 0 Å². The van der Waals surface area contributed by atoms with E-state index in [0.29, 0.717) is 30.8 Å². The lowest BCUT2D eigenvalue weighted by Gasteiger charge is -2.39. The summed E-state index contributed by atoms with van der Waals surface area (Å²) in [7, 11) is 1.94. The van der Waals surface area contributed by atoms with Crippen molar-refractivity contribution in [3.63, 3.8) is 0 Å². The molecule has 3 aromatic rings.